The topological polar surface area (TPSA) is 83.8 Å². The molecule has 0 aromatic carbocycles. The summed E-state index contributed by atoms with van der Waals surface area (Å²) in [6.45, 7) is 7.50. The largest absolute Gasteiger partial charge is 0.481 e. The fourth-order valence-corrected chi connectivity index (χ4v) is 1.53. The first-order valence-electron chi connectivity index (χ1n) is 5.68. The summed E-state index contributed by atoms with van der Waals surface area (Å²) < 4.78 is 5.56. The molecule has 0 unspecified atom stereocenters. The van der Waals surface area contributed by atoms with Crippen molar-refractivity contribution in [3.05, 3.63) is 0 Å². The minimum Gasteiger partial charge on any atom is -0.481 e. The van der Waals surface area contributed by atoms with Crippen LogP contribution in [0.2, 0.25) is 0 Å². The van der Waals surface area contributed by atoms with Crippen LogP contribution in [-0.2, 0) is 14.3 Å². The predicted octanol–water partition coefficient (Wildman–Crippen LogP) is 2.15. The zero-order valence-corrected chi connectivity index (χ0v) is 10.9. The van der Waals surface area contributed by atoms with Crippen LogP contribution in [-0.4, -0.2) is 34.4 Å². The maximum Gasteiger partial charge on any atom is 0.304 e. The summed E-state index contributed by atoms with van der Waals surface area (Å²) in [5, 5.41) is 17.7. The minimum atomic E-state index is -0.995. The van der Waals surface area contributed by atoms with Gasteiger partial charge in [-0.05, 0) is 27.2 Å². The summed E-state index contributed by atoms with van der Waals surface area (Å²) in [6.07, 6.45) is 0.0828. The highest BCUT2D eigenvalue weighted by molar-refractivity contribution is 5.72. The van der Waals surface area contributed by atoms with E-state index < -0.39 is 23.0 Å². The lowest BCUT2D eigenvalue weighted by molar-refractivity contribution is -0.149. The zero-order chi connectivity index (χ0) is 13.7. The summed E-state index contributed by atoms with van der Waals surface area (Å²) in [5.74, 6) is -1.99. The van der Waals surface area contributed by atoms with Crippen LogP contribution >= 0.6 is 0 Å². The van der Waals surface area contributed by atoms with E-state index in [0.717, 1.165) is 0 Å². The van der Waals surface area contributed by atoms with E-state index in [9.17, 15) is 9.59 Å². The molecule has 0 aliphatic carbocycles. The van der Waals surface area contributed by atoms with Gasteiger partial charge in [0.05, 0.1) is 25.0 Å². The fourth-order valence-electron chi connectivity index (χ4n) is 1.53. The third-order valence-electron chi connectivity index (χ3n) is 2.61. The van der Waals surface area contributed by atoms with Crippen LogP contribution in [0.5, 0.6) is 0 Å². The minimum absolute atomic E-state index is 0.144. The summed E-state index contributed by atoms with van der Waals surface area (Å²) in [7, 11) is 0. The SMILES string of the molecule is CCC(COC(C)(C)C)(CC(=O)O)CC(=O)O. The van der Waals surface area contributed by atoms with Crippen molar-refractivity contribution in [3.63, 3.8) is 0 Å². The van der Waals surface area contributed by atoms with Crippen LogP contribution in [0, 0.1) is 5.41 Å². The first-order chi connectivity index (χ1) is 7.60. The standard InChI is InChI=1S/C12H22O5/c1-5-12(6-9(13)14,7-10(15)16)8-17-11(2,3)4/h5-8H2,1-4H3,(H,13,14)(H,15,16). The molecular formula is C12H22O5. The highest BCUT2D eigenvalue weighted by atomic mass is 16.5. The van der Waals surface area contributed by atoms with E-state index in [1.807, 2.05) is 20.8 Å². The van der Waals surface area contributed by atoms with E-state index in [0.29, 0.717) is 6.42 Å². The van der Waals surface area contributed by atoms with Crippen molar-refractivity contribution in [1.29, 1.82) is 0 Å². The second kappa shape index (κ2) is 6.00. The number of ether oxygens (including phenoxy) is 1. The molecule has 0 fully saturated rings. The van der Waals surface area contributed by atoms with Crippen molar-refractivity contribution in [2.75, 3.05) is 6.61 Å². The molecule has 0 saturated carbocycles. The van der Waals surface area contributed by atoms with E-state index in [1.165, 1.54) is 0 Å². The Morgan fingerprint density at radius 1 is 1.06 bits per heavy atom. The van der Waals surface area contributed by atoms with Gasteiger partial charge in [0, 0.05) is 5.41 Å². The third-order valence-corrected chi connectivity index (χ3v) is 2.61. The van der Waals surface area contributed by atoms with Crippen LogP contribution in [0.1, 0.15) is 47.0 Å². The van der Waals surface area contributed by atoms with Gasteiger partial charge in [-0.3, -0.25) is 9.59 Å². The van der Waals surface area contributed by atoms with Crippen molar-refractivity contribution in [3.8, 4) is 0 Å². The fraction of sp³-hybridized carbons (Fsp3) is 0.833. The molecule has 0 spiro atoms. The monoisotopic (exact) mass is 246 g/mol. The molecule has 2 N–H and O–H groups in total. The molecular weight excluding hydrogens is 224 g/mol. The van der Waals surface area contributed by atoms with Crippen LogP contribution in [0.4, 0.5) is 0 Å². The number of aliphatic carboxylic acids is 2. The van der Waals surface area contributed by atoms with Gasteiger partial charge in [0.2, 0.25) is 0 Å². The molecule has 0 saturated heterocycles. The van der Waals surface area contributed by atoms with Gasteiger partial charge >= 0.3 is 11.9 Å². The highest BCUT2D eigenvalue weighted by Crippen LogP contribution is 2.32. The first kappa shape index (κ1) is 15.9. The van der Waals surface area contributed by atoms with Gasteiger partial charge in [-0.2, -0.15) is 0 Å². The Labute approximate surface area is 102 Å². The smallest absolute Gasteiger partial charge is 0.304 e. The van der Waals surface area contributed by atoms with E-state index in [1.54, 1.807) is 6.92 Å². The molecule has 0 aliphatic heterocycles. The van der Waals surface area contributed by atoms with Crippen LogP contribution in [0.15, 0.2) is 0 Å². The molecule has 100 valence electrons. The molecule has 0 aromatic heterocycles. The second-order valence-corrected chi connectivity index (χ2v) is 5.40. The van der Waals surface area contributed by atoms with Crippen LogP contribution in [0.25, 0.3) is 0 Å². The van der Waals surface area contributed by atoms with Gasteiger partial charge in [0.25, 0.3) is 0 Å². The van der Waals surface area contributed by atoms with Crippen LogP contribution in [0.3, 0.4) is 0 Å². The Hall–Kier alpha value is -1.10. The number of carboxylic acids is 2. The summed E-state index contributed by atoms with van der Waals surface area (Å²) in [5.41, 5.74) is -1.23. The lowest BCUT2D eigenvalue weighted by Crippen LogP contribution is -2.35. The Bertz CT molecular complexity index is 261. The molecule has 0 aromatic rings. The van der Waals surface area contributed by atoms with Gasteiger partial charge in [0.15, 0.2) is 0 Å². The lowest BCUT2D eigenvalue weighted by Gasteiger charge is -2.33. The number of carbonyl (C=O) groups is 2. The van der Waals surface area contributed by atoms with Gasteiger partial charge < -0.3 is 14.9 Å². The van der Waals surface area contributed by atoms with E-state index in [2.05, 4.69) is 0 Å². The van der Waals surface area contributed by atoms with Crippen molar-refractivity contribution in [2.45, 2.75) is 52.6 Å². The molecule has 0 radical (unpaired) electrons. The normalized spacial score (nSPS) is 12.5. The molecule has 0 rings (SSSR count). The maximum atomic E-state index is 10.8. The molecule has 0 heterocycles. The van der Waals surface area contributed by atoms with E-state index in [4.69, 9.17) is 14.9 Å². The van der Waals surface area contributed by atoms with Crippen molar-refractivity contribution in [2.24, 2.45) is 5.41 Å². The maximum absolute atomic E-state index is 10.8. The first-order valence-corrected chi connectivity index (χ1v) is 5.68. The van der Waals surface area contributed by atoms with Gasteiger partial charge in [-0.15, -0.1) is 0 Å². The average molecular weight is 246 g/mol. The third kappa shape index (κ3) is 6.94. The number of rotatable bonds is 7. The van der Waals surface area contributed by atoms with Crippen molar-refractivity contribution >= 4 is 11.9 Å². The number of hydrogen-bond acceptors (Lipinski definition) is 3. The predicted molar refractivity (Wildman–Crippen MR) is 62.9 cm³/mol. The van der Waals surface area contributed by atoms with Crippen LogP contribution < -0.4 is 0 Å². The molecule has 0 amide bonds. The molecule has 0 bridgehead atoms. The second-order valence-electron chi connectivity index (χ2n) is 5.40. The molecule has 5 heteroatoms. The van der Waals surface area contributed by atoms with Gasteiger partial charge in [0.1, 0.15) is 0 Å². The lowest BCUT2D eigenvalue weighted by atomic mass is 9.79. The molecule has 0 atom stereocenters. The van der Waals surface area contributed by atoms with Crippen molar-refractivity contribution in [1.82, 2.24) is 0 Å². The van der Waals surface area contributed by atoms with Gasteiger partial charge in [-0.25, -0.2) is 0 Å². The summed E-state index contributed by atoms with van der Waals surface area (Å²) in [4.78, 5) is 21.7. The number of carboxylic acid groups (broad SMARTS) is 2. The Morgan fingerprint density at radius 3 is 1.71 bits per heavy atom. The molecule has 17 heavy (non-hydrogen) atoms. The zero-order valence-electron chi connectivity index (χ0n) is 10.9. The summed E-state index contributed by atoms with van der Waals surface area (Å²) >= 11 is 0. The summed E-state index contributed by atoms with van der Waals surface area (Å²) in [6, 6.07) is 0. The Morgan fingerprint density at radius 2 is 1.47 bits per heavy atom. The van der Waals surface area contributed by atoms with E-state index >= 15 is 0 Å². The Balaban J connectivity index is 4.78. The molecule has 0 aliphatic rings. The van der Waals surface area contributed by atoms with Gasteiger partial charge in [-0.1, -0.05) is 6.92 Å². The van der Waals surface area contributed by atoms with Crippen molar-refractivity contribution < 1.29 is 24.5 Å². The quantitative estimate of drug-likeness (QED) is 0.719. The highest BCUT2D eigenvalue weighted by Gasteiger charge is 2.35. The Kier molecular flexibility index (Phi) is 5.61. The average Bonchev–Trinajstić information content (AvgIpc) is 2.11. The van der Waals surface area contributed by atoms with E-state index in [-0.39, 0.29) is 19.4 Å². The molecule has 5 nitrogen and oxygen atoms in total. The number of hydrogen-bond donors (Lipinski definition) is 2.